The van der Waals surface area contributed by atoms with Crippen LogP contribution in [0.4, 0.5) is 0 Å². The van der Waals surface area contributed by atoms with Gasteiger partial charge in [0.15, 0.2) is 17.5 Å². The second-order valence-corrected chi connectivity index (χ2v) is 7.38. The van der Waals surface area contributed by atoms with Crippen LogP contribution in [0, 0.1) is 0 Å². The number of hydrogen-bond acceptors (Lipinski definition) is 6. The summed E-state index contributed by atoms with van der Waals surface area (Å²) in [5.41, 5.74) is 2.19. The van der Waals surface area contributed by atoms with Crippen LogP contribution < -0.4 is 24.8 Å². The molecule has 1 saturated heterocycles. The molecule has 0 unspecified atom stereocenters. The standard InChI is InChI=1S/C23H30N4O4/c1-24-23(25-15-18-6-7-21-22(14-18)31-17-30-21)26-16-19-4-2-3-5-20(19)29-13-10-27-8-11-28-12-9-27/h2-7,14H,8-13,15-17H2,1H3,(H2,24,25,26). The zero-order valence-electron chi connectivity index (χ0n) is 17.9. The van der Waals surface area contributed by atoms with Gasteiger partial charge < -0.3 is 29.6 Å². The Kier molecular flexibility index (Phi) is 7.46. The number of benzene rings is 2. The van der Waals surface area contributed by atoms with E-state index in [0.717, 1.165) is 67.2 Å². The summed E-state index contributed by atoms with van der Waals surface area (Å²) in [5, 5.41) is 6.70. The minimum atomic E-state index is 0.281. The normalized spacial score (nSPS) is 16.2. The Balaban J connectivity index is 1.25. The highest BCUT2D eigenvalue weighted by Crippen LogP contribution is 2.32. The van der Waals surface area contributed by atoms with Crippen LogP contribution in [0.15, 0.2) is 47.5 Å². The lowest BCUT2D eigenvalue weighted by molar-refractivity contribution is 0.0322. The van der Waals surface area contributed by atoms with Gasteiger partial charge in [-0.05, 0) is 23.8 Å². The first-order valence-electron chi connectivity index (χ1n) is 10.7. The first-order chi connectivity index (χ1) is 15.3. The molecule has 31 heavy (non-hydrogen) atoms. The molecule has 0 saturated carbocycles. The van der Waals surface area contributed by atoms with Crippen LogP contribution in [0.1, 0.15) is 11.1 Å². The van der Waals surface area contributed by atoms with Crippen LogP contribution in [0.2, 0.25) is 0 Å². The first-order valence-corrected chi connectivity index (χ1v) is 10.7. The molecular weight excluding hydrogens is 396 g/mol. The molecule has 2 aromatic carbocycles. The van der Waals surface area contributed by atoms with Crippen LogP contribution in [-0.2, 0) is 17.8 Å². The third-order valence-corrected chi connectivity index (χ3v) is 5.31. The molecule has 0 amide bonds. The van der Waals surface area contributed by atoms with Crippen molar-refractivity contribution in [2.24, 2.45) is 4.99 Å². The van der Waals surface area contributed by atoms with Crippen molar-refractivity contribution < 1.29 is 18.9 Å². The van der Waals surface area contributed by atoms with Crippen molar-refractivity contribution in [2.45, 2.75) is 13.1 Å². The average molecular weight is 427 g/mol. The fourth-order valence-electron chi connectivity index (χ4n) is 3.54. The Morgan fingerprint density at radius 2 is 1.84 bits per heavy atom. The third kappa shape index (κ3) is 6.02. The maximum absolute atomic E-state index is 6.07. The summed E-state index contributed by atoms with van der Waals surface area (Å²) in [7, 11) is 1.76. The lowest BCUT2D eigenvalue weighted by atomic mass is 10.2. The van der Waals surface area contributed by atoms with Crippen molar-refractivity contribution >= 4 is 5.96 Å². The molecule has 2 N–H and O–H groups in total. The molecule has 2 aliphatic heterocycles. The molecule has 166 valence electrons. The van der Waals surface area contributed by atoms with Crippen LogP contribution >= 0.6 is 0 Å². The summed E-state index contributed by atoms with van der Waals surface area (Å²) in [6.07, 6.45) is 0. The lowest BCUT2D eigenvalue weighted by Gasteiger charge is -2.26. The van der Waals surface area contributed by atoms with E-state index in [4.69, 9.17) is 18.9 Å². The highest BCUT2D eigenvalue weighted by atomic mass is 16.7. The SMILES string of the molecule is CN=C(NCc1ccc2c(c1)OCO2)NCc1ccccc1OCCN1CCOCC1. The van der Waals surface area contributed by atoms with Gasteiger partial charge in [-0.1, -0.05) is 24.3 Å². The second kappa shape index (κ2) is 10.9. The van der Waals surface area contributed by atoms with E-state index >= 15 is 0 Å². The number of nitrogens with one attached hydrogen (secondary N) is 2. The summed E-state index contributed by atoms with van der Waals surface area (Å²) in [4.78, 5) is 6.69. The second-order valence-electron chi connectivity index (χ2n) is 7.38. The van der Waals surface area contributed by atoms with Gasteiger partial charge in [0.2, 0.25) is 6.79 Å². The van der Waals surface area contributed by atoms with Gasteiger partial charge >= 0.3 is 0 Å². The molecule has 0 spiro atoms. The Morgan fingerprint density at radius 1 is 1.03 bits per heavy atom. The number of hydrogen-bond donors (Lipinski definition) is 2. The zero-order valence-corrected chi connectivity index (χ0v) is 17.9. The van der Waals surface area contributed by atoms with E-state index in [1.165, 1.54) is 0 Å². The van der Waals surface area contributed by atoms with Crippen molar-refractivity contribution in [2.75, 3.05) is 53.3 Å². The van der Waals surface area contributed by atoms with Crippen molar-refractivity contribution in [1.82, 2.24) is 15.5 Å². The smallest absolute Gasteiger partial charge is 0.231 e. The molecule has 4 rings (SSSR count). The maximum Gasteiger partial charge on any atom is 0.231 e. The van der Waals surface area contributed by atoms with E-state index in [9.17, 15) is 0 Å². The first kappa shape index (κ1) is 21.3. The minimum absolute atomic E-state index is 0.281. The summed E-state index contributed by atoms with van der Waals surface area (Å²) in [6.45, 7) is 6.65. The third-order valence-electron chi connectivity index (χ3n) is 5.31. The number of morpholine rings is 1. The van der Waals surface area contributed by atoms with E-state index in [-0.39, 0.29) is 6.79 Å². The van der Waals surface area contributed by atoms with Gasteiger partial charge in [0.05, 0.1) is 13.2 Å². The Morgan fingerprint density at radius 3 is 2.71 bits per heavy atom. The largest absolute Gasteiger partial charge is 0.492 e. The van der Waals surface area contributed by atoms with Crippen LogP contribution in [0.5, 0.6) is 17.2 Å². The quantitative estimate of drug-likeness (QED) is 0.494. The maximum atomic E-state index is 6.07. The molecule has 0 aliphatic carbocycles. The van der Waals surface area contributed by atoms with Crippen LogP contribution in [0.3, 0.4) is 0 Å². The Bertz CT molecular complexity index is 884. The topological polar surface area (TPSA) is 76.6 Å². The molecular formula is C23H30N4O4. The molecule has 8 nitrogen and oxygen atoms in total. The number of fused-ring (bicyclic) bond motifs is 1. The van der Waals surface area contributed by atoms with Crippen LogP contribution in [-0.4, -0.2) is 64.2 Å². The molecule has 2 aromatic rings. The number of guanidine groups is 1. The molecule has 0 aromatic heterocycles. The molecule has 0 radical (unpaired) electrons. The number of ether oxygens (including phenoxy) is 4. The summed E-state index contributed by atoms with van der Waals surface area (Å²) in [5.74, 6) is 3.19. The van der Waals surface area contributed by atoms with Crippen molar-refractivity contribution in [1.29, 1.82) is 0 Å². The monoisotopic (exact) mass is 426 g/mol. The van der Waals surface area contributed by atoms with E-state index in [1.807, 2.05) is 36.4 Å². The van der Waals surface area contributed by atoms with Gasteiger partial charge in [0.1, 0.15) is 12.4 Å². The Labute approximate surface area is 183 Å². The average Bonchev–Trinajstić information content (AvgIpc) is 3.29. The number of para-hydroxylation sites is 1. The van der Waals surface area contributed by atoms with Gasteiger partial charge in [-0.25, -0.2) is 0 Å². The zero-order chi connectivity index (χ0) is 21.3. The number of rotatable bonds is 8. The minimum Gasteiger partial charge on any atom is -0.492 e. The fraction of sp³-hybridized carbons (Fsp3) is 0.435. The molecule has 2 aliphatic rings. The fourth-order valence-corrected chi connectivity index (χ4v) is 3.54. The predicted molar refractivity (Wildman–Crippen MR) is 119 cm³/mol. The van der Waals surface area contributed by atoms with Gasteiger partial charge in [-0.3, -0.25) is 9.89 Å². The van der Waals surface area contributed by atoms with E-state index in [2.05, 4.69) is 26.6 Å². The number of nitrogens with zero attached hydrogens (tertiary/aromatic N) is 2. The Hall–Kier alpha value is -2.97. The van der Waals surface area contributed by atoms with Crippen molar-refractivity contribution in [3.05, 3.63) is 53.6 Å². The van der Waals surface area contributed by atoms with E-state index in [0.29, 0.717) is 19.7 Å². The van der Waals surface area contributed by atoms with Crippen molar-refractivity contribution in [3.8, 4) is 17.2 Å². The molecule has 1 fully saturated rings. The van der Waals surface area contributed by atoms with E-state index < -0.39 is 0 Å². The highest BCUT2D eigenvalue weighted by molar-refractivity contribution is 5.79. The van der Waals surface area contributed by atoms with Gasteiger partial charge in [-0.2, -0.15) is 0 Å². The van der Waals surface area contributed by atoms with Gasteiger partial charge in [-0.15, -0.1) is 0 Å². The van der Waals surface area contributed by atoms with Gasteiger partial charge in [0, 0.05) is 45.3 Å². The van der Waals surface area contributed by atoms with Crippen molar-refractivity contribution in [3.63, 3.8) is 0 Å². The lowest BCUT2D eigenvalue weighted by Crippen LogP contribution is -2.38. The molecule has 8 heteroatoms. The molecule has 0 atom stereocenters. The highest BCUT2D eigenvalue weighted by Gasteiger charge is 2.13. The van der Waals surface area contributed by atoms with E-state index in [1.54, 1.807) is 7.05 Å². The predicted octanol–water partition coefficient (Wildman–Crippen LogP) is 1.99. The van der Waals surface area contributed by atoms with Gasteiger partial charge in [0.25, 0.3) is 0 Å². The summed E-state index contributed by atoms with van der Waals surface area (Å²) >= 11 is 0. The number of aliphatic imine (C=N–C) groups is 1. The summed E-state index contributed by atoms with van der Waals surface area (Å²) in [6, 6.07) is 14.0. The van der Waals surface area contributed by atoms with Crippen LogP contribution in [0.25, 0.3) is 0 Å². The molecule has 0 bridgehead atoms. The molecule has 2 heterocycles. The summed E-state index contributed by atoms with van der Waals surface area (Å²) < 4.78 is 22.3.